The molecule has 208 valence electrons. The van der Waals surface area contributed by atoms with Gasteiger partial charge in [0.2, 0.25) is 0 Å². The lowest BCUT2D eigenvalue weighted by molar-refractivity contribution is 0.0883. The molecule has 39 heavy (non-hydrogen) atoms. The maximum Gasteiger partial charge on any atom is 0.253 e. The third-order valence-electron chi connectivity index (χ3n) is 6.29. The average Bonchev–Trinajstić information content (AvgIpc) is 2.94. The van der Waals surface area contributed by atoms with Crippen LogP contribution in [0.15, 0.2) is 66.7 Å². The summed E-state index contributed by atoms with van der Waals surface area (Å²) in [5.74, 6) is 0.388. The fourth-order valence-electron chi connectivity index (χ4n) is 4.06. The number of amides is 2. The van der Waals surface area contributed by atoms with Gasteiger partial charge in [0.05, 0.1) is 13.7 Å². The van der Waals surface area contributed by atoms with E-state index >= 15 is 0 Å². The summed E-state index contributed by atoms with van der Waals surface area (Å²) in [5, 5.41) is 6.84. The largest absolute Gasteiger partial charge is 0.493 e. The molecular formula is C31H36Cl2N2O4. The normalized spacial score (nSPS) is 10.8. The lowest BCUT2D eigenvalue weighted by atomic mass is 10.1. The molecule has 0 saturated heterocycles. The number of rotatable bonds is 15. The number of benzene rings is 3. The van der Waals surface area contributed by atoms with E-state index in [2.05, 4.69) is 17.6 Å². The van der Waals surface area contributed by atoms with Gasteiger partial charge in [-0.05, 0) is 72.6 Å². The van der Waals surface area contributed by atoms with Crippen LogP contribution in [0, 0.1) is 0 Å². The minimum Gasteiger partial charge on any atom is -0.493 e. The molecule has 2 amide bonds. The van der Waals surface area contributed by atoms with Crippen LogP contribution in [0.25, 0.3) is 0 Å². The number of hydrogen-bond acceptors (Lipinski definition) is 4. The van der Waals surface area contributed by atoms with E-state index in [-0.39, 0.29) is 11.8 Å². The van der Waals surface area contributed by atoms with Gasteiger partial charge in [0.1, 0.15) is 6.17 Å². The number of halogens is 2. The quantitative estimate of drug-likeness (QED) is 0.143. The summed E-state index contributed by atoms with van der Waals surface area (Å²) in [7, 11) is 1.56. The van der Waals surface area contributed by atoms with E-state index in [9.17, 15) is 9.59 Å². The number of unbranched alkanes of at least 4 members (excludes halogenated alkanes) is 6. The molecule has 3 rings (SSSR count). The van der Waals surface area contributed by atoms with Crippen LogP contribution in [0.4, 0.5) is 0 Å². The summed E-state index contributed by atoms with van der Waals surface area (Å²) in [6.45, 7) is 2.81. The molecule has 0 aliphatic carbocycles. The van der Waals surface area contributed by atoms with Crippen molar-refractivity contribution >= 4 is 35.0 Å². The SMILES string of the molecule is CCCCCCCCCOc1ccc(C(NC(=O)c2ccc(Cl)cc2)NC(=O)c2ccc(Cl)cc2)cc1OC. The van der Waals surface area contributed by atoms with Gasteiger partial charge >= 0.3 is 0 Å². The lowest BCUT2D eigenvalue weighted by Crippen LogP contribution is -2.41. The molecule has 2 N–H and O–H groups in total. The van der Waals surface area contributed by atoms with Gasteiger partial charge in [-0.2, -0.15) is 0 Å². The van der Waals surface area contributed by atoms with Gasteiger partial charge in [0.25, 0.3) is 11.8 Å². The lowest BCUT2D eigenvalue weighted by Gasteiger charge is -2.22. The summed E-state index contributed by atoms with van der Waals surface area (Å²) in [6, 6.07) is 18.4. The third kappa shape index (κ3) is 9.79. The van der Waals surface area contributed by atoms with E-state index < -0.39 is 6.17 Å². The van der Waals surface area contributed by atoms with Gasteiger partial charge in [-0.25, -0.2) is 0 Å². The van der Waals surface area contributed by atoms with Crippen LogP contribution >= 0.6 is 23.2 Å². The molecular weight excluding hydrogens is 535 g/mol. The van der Waals surface area contributed by atoms with E-state index in [1.165, 1.54) is 32.1 Å². The molecule has 6 nitrogen and oxygen atoms in total. The number of methoxy groups -OCH3 is 1. The Morgan fingerprint density at radius 1 is 0.718 bits per heavy atom. The smallest absolute Gasteiger partial charge is 0.253 e. The maximum atomic E-state index is 13.0. The Labute approximate surface area is 241 Å². The molecule has 0 radical (unpaired) electrons. The van der Waals surface area contributed by atoms with Crippen LogP contribution < -0.4 is 20.1 Å². The second-order valence-corrected chi connectivity index (χ2v) is 10.1. The van der Waals surface area contributed by atoms with E-state index in [0.29, 0.717) is 44.8 Å². The van der Waals surface area contributed by atoms with E-state index in [4.69, 9.17) is 32.7 Å². The summed E-state index contributed by atoms with van der Waals surface area (Å²) >= 11 is 11.9. The van der Waals surface area contributed by atoms with E-state index in [1.54, 1.807) is 73.8 Å². The Morgan fingerprint density at radius 2 is 1.23 bits per heavy atom. The highest BCUT2D eigenvalue weighted by Gasteiger charge is 2.21. The van der Waals surface area contributed by atoms with E-state index in [1.807, 2.05) is 0 Å². The van der Waals surface area contributed by atoms with Gasteiger partial charge in [0.15, 0.2) is 11.5 Å². The molecule has 0 heterocycles. The van der Waals surface area contributed by atoms with Crippen LogP contribution in [0.1, 0.15) is 84.3 Å². The number of carbonyl (C=O) groups excluding carboxylic acids is 2. The van der Waals surface area contributed by atoms with Crippen molar-refractivity contribution in [2.75, 3.05) is 13.7 Å². The second kappa shape index (κ2) is 16.0. The standard InChI is InChI=1S/C31H36Cl2N2O4/c1-3-4-5-6-7-8-9-20-39-27-19-14-24(21-28(27)38-2)29(34-30(36)22-10-15-25(32)16-11-22)35-31(37)23-12-17-26(33)18-13-23/h10-19,21,29H,3-9,20H2,1-2H3,(H,34,36)(H,35,37). The average molecular weight is 572 g/mol. The van der Waals surface area contributed by atoms with Gasteiger partial charge < -0.3 is 20.1 Å². The predicted molar refractivity (Wildman–Crippen MR) is 157 cm³/mol. The monoisotopic (exact) mass is 570 g/mol. The number of ether oxygens (including phenoxy) is 2. The van der Waals surface area contributed by atoms with Crippen LogP contribution in [0.3, 0.4) is 0 Å². The first-order chi connectivity index (χ1) is 18.9. The van der Waals surface area contributed by atoms with Crippen molar-refractivity contribution in [2.45, 2.75) is 58.0 Å². The van der Waals surface area contributed by atoms with Crippen molar-refractivity contribution in [2.24, 2.45) is 0 Å². The minimum absolute atomic E-state index is 0.369. The first-order valence-electron chi connectivity index (χ1n) is 13.3. The first-order valence-corrected chi connectivity index (χ1v) is 14.1. The maximum absolute atomic E-state index is 13.0. The molecule has 0 unspecified atom stereocenters. The van der Waals surface area contributed by atoms with Crippen molar-refractivity contribution in [1.29, 1.82) is 0 Å². The predicted octanol–water partition coefficient (Wildman–Crippen LogP) is 7.99. The molecule has 0 aromatic heterocycles. The molecule has 8 heteroatoms. The fourth-order valence-corrected chi connectivity index (χ4v) is 4.31. The Bertz CT molecular complexity index is 1140. The fraction of sp³-hybridized carbons (Fsp3) is 0.355. The Balaban J connectivity index is 1.72. The van der Waals surface area contributed by atoms with Crippen molar-refractivity contribution in [1.82, 2.24) is 10.6 Å². The Morgan fingerprint density at radius 3 is 1.74 bits per heavy atom. The molecule has 0 atom stereocenters. The highest BCUT2D eigenvalue weighted by atomic mass is 35.5. The summed E-state index contributed by atoms with van der Waals surface area (Å²) in [4.78, 5) is 26.1. The third-order valence-corrected chi connectivity index (χ3v) is 6.79. The van der Waals surface area contributed by atoms with Crippen molar-refractivity contribution in [3.63, 3.8) is 0 Å². The molecule has 0 bridgehead atoms. The summed E-state index contributed by atoms with van der Waals surface area (Å²) in [6.07, 6.45) is 7.54. The molecule has 0 aliphatic rings. The Kier molecular flexibility index (Phi) is 12.5. The van der Waals surface area contributed by atoms with Crippen LogP contribution in [-0.2, 0) is 0 Å². The van der Waals surface area contributed by atoms with Gasteiger partial charge in [-0.1, -0.05) is 74.7 Å². The highest BCUT2D eigenvalue weighted by Crippen LogP contribution is 2.30. The van der Waals surface area contributed by atoms with Crippen molar-refractivity contribution in [3.05, 3.63) is 93.5 Å². The molecule has 3 aromatic rings. The van der Waals surface area contributed by atoms with Crippen LogP contribution in [-0.4, -0.2) is 25.5 Å². The molecule has 0 fully saturated rings. The van der Waals surface area contributed by atoms with Gasteiger partial charge in [0, 0.05) is 21.2 Å². The minimum atomic E-state index is -0.845. The number of carbonyl (C=O) groups is 2. The van der Waals surface area contributed by atoms with Crippen molar-refractivity contribution in [3.8, 4) is 11.5 Å². The number of hydrogen-bond donors (Lipinski definition) is 2. The first kappa shape index (κ1) is 30.3. The summed E-state index contributed by atoms with van der Waals surface area (Å²) in [5.41, 5.74) is 1.44. The zero-order chi connectivity index (χ0) is 28.0. The molecule has 0 saturated carbocycles. The van der Waals surface area contributed by atoms with Crippen LogP contribution in [0.2, 0.25) is 10.0 Å². The Hall–Kier alpha value is -3.22. The van der Waals surface area contributed by atoms with Crippen LogP contribution in [0.5, 0.6) is 11.5 Å². The van der Waals surface area contributed by atoms with Crippen molar-refractivity contribution < 1.29 is 19.1 Å². The van der Waals surface area contributed by atoms with Gasteiger partial charge in [-0.3, -0.25) is 9.59 Å². The van der Waals surface area contributed by atoms with Gasteiger partial charge in [-0.15, -0.1) is 0 Å². The zero-order valence-corrected chi connectivity index (χ0v) is 24.0. The molecule has 0 aliphatic heterocycles. The summed E-state index contributed by atoms with van der Waals surface area (Å²) < 4.78 is 11.6. The highest BCUT2D eigenvalue weighted by molar-refractivity contribution is 6.31. The molecule has 3 aromatic carbocycles. The zero-order valence-electron chi connectivity index (χ0n) is 22.5. The topological polar surface area (TPSA) is 76.7 Å². The number of nitrogens with one attached hydrogen (secondary N) is 2. The second-order valence-electron chi connectivity index (χ2n) is 9.27. The van der Waals surface area contributed by atoms with E-state index in [0.717, 1.165) is 12.8 Å². The molecule has 0 spiro atoms.